The van der Waals surface area contributed by atoms with Gasteiger partial charge in [-0.2, -0.15) is 4.39 Å². The molecule has 1 fully saturated rings. The van der Waals surface area contributed by atoms with E-state index in [9.17, 15) is 23.7 Å². The van der Waals surface area contributed by atoms with Crippen molar-refractivity contribution in [1.82, 2.24) is 4.90 Å². The van der Waals surface area contributed by atoms with E-state index in [1.807, 2.05) is 0 Å². The Balaban J connectivity index is 2.26. The molecule has 102 valence electrons. The number of benzene rings is 1. The second kappa shape index (κ2) is 4.91. The standard InChI is InChI=1S/C12H12F2N2O3/c1-15(6-7-2-3-7)12(17)8-4-10(14)11(16(18)19)5-9(8)13/h4-5,7H,2-3,6H2,1H3. The minimum atomic E-state index is -1.21. The van der Waals surface area contributed by atoms with Crippen LogP contribution in [0, 0.1) is 27.7 Å². The second-order valence-electron chi connectivity index (χ2n) is 4.67. The van der Waals surface area contributed by atoms with Gasteiger partial charge >= 0.3 is 5.69 Å². The fourth-order valence-corrected chi connectivity index (χ4v) is 1.82. The summed E-state index contributed by atoms with van der Waals surface area (Å²) in [7, 11) is 1.50. The van der Waals surface area contributed by atoms with Crippen LogP contribution < -0.4 is 0 Å². The molecule has 1 aliphatic carbocycles. The maximum absolute atomic E-state index is 13.6. The van der Waals surface area contributed by atoms with E-state index in [0.29, 0.717) is 24.6 Å². The van der Waals surface area contributed by atoms with Gasteiger partial charge in [-0.25, -0.2) is 4.39 Å². The maximum atomic E-state index is 13.6. The number of amides is 1. The van der Waals surface area contributed by atoms with E-state index in [1.54, 1.807) is 0 Å². The van der Waals surface area contributed by atoms with Crippen LogP contribution in [0.5, 0.6) is 0 Å². The van der Waals surface area contributed by atoms with Crippen molar-refractivity contribution in [3.63, 3.8) is 0 Å². The molecule has 0 aromatic heterocycles. The first kappa shape index (κ1) is 13.4. The van der Waals surface area contributed by atoms with E-state index in [-0.39, 0.29) is 0 Å². The van der Waals surface area contributed by atoms with Gasteiger partial charge in [0, 0.05) is 13.6 Å². The summed E-state index contributed by atoms with van der Waals surface area (Å²) in [4.78, 5) is 22.6. The van der Waals surface area contributed by atoms with Crippen LogP contribution >= 0.6 is 0 Å². The van der Waals surface area contributed by atoms with Gasteiger partial charge in [0.1, 0.15) is 5.82 Å². The highest BCUT2D eigenvalue weighted by molar-refractivity contribution is 5.94. The Morgan fingerprint density at radius 2 is 2.05 bits per heavy atom. The minimum Gasteiger partial charge on any atom is -0.341 e. The van der Waals surface area contributed by atoms with E-state index in [0.717, 1.165) is 12.8 Å². The van der Waals surface area contributed by atoms with Crippen molar-refractivity contribution < 1.29 is 18.5 Å². The first-order valence-corrected chi connectivity index (χ1v) is 5.79. The van der Waals surface area contributed by atoms with Crippen LogP contribution in [0.3, 0.4) is 0 Å². The molecule has 0 radical (unpaired) electrons. The molecule has 0 unspecified atom stereocenters. The number of nitro groups is 1. The number of rotatable bonds is 4. The van der Waals surface area contributed by atoms with Crippen molar-refractivity contribution in [2.24, 2.45) is 5.92 Å². The Morgan fingerprint density at radius 3 is 2.58 bits per heavy atom. The zero-order chi connectivity index (χ0) is 14.2. The Labute approximate surface area is 108 Å². The van der Waals surface area contributed by atoms with Gasteiger partial charge in [-0.1, -0.05) is 0 Å². The van der Waals surface area contributed by atoms with Gasteiger partial charge in [-0.15, -0.1) is 0 Å². The fraction of sp³-hybridized carbons (Fsp3) is 0.417. The minimum absolute atomic E-state index is 0.417. The van der Waals surface area contributed by atoms with Crippen LogP contribution in [0.25, 0.3) is 0 Å². The van der Waals surface area contributed by atoms with Crippen molar-refractivity contribution in [1.29, 1.82) is 0 Å². The van der Waals surface area contributed by atoms with Gasteiger partial charge in [0.15, 0.2) is 0 Å². The first-order chi connectivity index (χ1) is 8.90. The van der Waals surface area contributed by atoms with E-state index in [4.69, 9.17) is 0 Å². The average molecular weight is 270 g/mol. The number of carbonyl (C=O) groups is 1. The smallest absolute Gasteiger partial charge is 0.307 e. The average Bonchev–Trinajstić information content (AvgIpc) is 3.14. The third kappa shape index (κ3) is 2.86. The summed E-state index contributed by atoms with van der Waals surface area (Å²) in [5, 5.41) is 10.4. The van der Waals surface area contributed by atoms with Crippen molar-refractivity contribution >= 4 is 11.6 Å². The molecule has 0 spiro atoms. The van der Waals surface area contributed by atoms with Gasteiger partial charge in [-0.3, -0.25) is 14.9 Å². The summed E-state index contributed by atoms with van der Waals surface area (Å²) in [6, 6.07) is 1.02. The quantitative estimate of drug-likeness (QED) is 0.623. The number of nitrogens with zero attached hydrogens (tertiary/aromatic N) is 2. The predicted molar refractivity (Wildman–Crippen MR) is 62.7 cm³/mol. The Bertz CT molecular complexity index is 544. The summed E-state index contributed by atoms with van der Waals surface area (Å²) < 4.78 is 27.0. The van der Waals surface area contributed by atoms with Gasteiger partial charge < -0.3 is 4.90 Å². The molecule has 1 saturated carbocycles. The molecule has 0 heterocycles. The SMILES string of the molecule is CN(CC1CC1)C(=O)c1cc(F)c([N+](=O)[O-])cc1F. The number of nitro benzene ring substituents is 1. The lowest BCUT2D eigenvalue weighted by Crippen LogP contribution is -2.29. The molecule has 1 amide bonds. The molecule has 7 heteroatoms. The molecular weight excluding hydrogens is 258 g/mol. The third-order valence-electron chi connectivity index (χ3n) is 3.04. The molecule has 1 aliphatic rings. The lowest BCUT2D eigenvalue weighted by atomic mass is 10.1. The lowest BCUT2D eigenvalue weighted by molar-refractivity contribution is -0.387. The molecule has 1 aromatic rings. The molecule has 0 N–H and O–H groups in total. The zero-order valence-electron chi connectivity index (χ0n) is 10.2. The first-order valence-electron chi connectivity index (χ1n) is 5.79. The van der Waals surface area contributed by atoms with Crippen molar-refractivity contribution in [3.8, 4) is 0 Å². The lowest BCUT2D eigenvalue weighted by Gasteiger charge is -2.17. The fourth-order valence-electron chi connectivity index (χ4n) is 1.82. The molecule has 0 saturated heterocycles. The zero-order valence-corrected chi connectivity index (χ0v) is 10.2. The van der Waals surface area contributed by atoms with Crippen LogP contribution in [-0.2, 0) is 0 Å². The Hall–Kier alpha value is -2.05. The number of hydrogen-bond acceptors (Lipinski definition) is 3. The molecular formula is C12H12F2N2O3. The molecule has 5 nitrogen and oxygen atoms in total. The van der Waals surface area contributed by atoms with Crippen LogP contribution in [-0.4, -0.2) is 29.3 Å². The second-order valence-corrected chi connectivity index (χ2v) is 4.67. The topological polar surface area (TPSA) is 63.5 Å². The summed E-state index contributed by atoms with van der Waals surface area (Å²) in [6.07, 6.45) is 2.05. The van der Waals surface area contributed by atoms with Crippen LogP contribution in [0.15, 0.2) is 12.1 Å². The summed E-state index contributed by atoms with van der Waals surface area (Å²) in [6.45, 7) is 0.483. The highest BCUT2D eigenvalue weighted by atomic mass is 19.1. The van der Waals surface area contributed by atoms with E-state index < -0.39 is 33.7 Å². The van der Waals surface area contributed by atoms with Gasteiger partial charge in [0.2, 0.25) is 5.82 Å². The molecule has 19 heavy (non-hydrogen) atoms. The van der Waals surface area contributed by atoms with Crippen LogP contribution in [0.1, 0.15) is 23.2 Å². The van der Waals surface area contributed by atoms with Gasteiger partial charge in [-0.05, 0) is 24.8 Å². The van der Waals surface area contributed by atoms with Crippen molar-refractivity contribution in [3.05, 3.63) is 39.4 Å². The largest absolute Gasteiger partial charge is 0.341 e. The van der Waals surface area contributed by atoms with Crippen LogP contribution in [0.2, 0.25) is 0 Å². The normalized spacial score (nSPS) is 14.3. The third-order valence-corrected chi connectivity index (χ3v) is 3.04. The molecule has 0 aliphatic heterocycles. The van der Waals surface area contributed by atoms with Gasteiger partial charge in [0.05, 0.1) is 16.6 Å². The molecule has 0 bridgehead atoms. The monoisotopic (exact) mass is 270 g/mol. The molecule has 0 atom stereocenters. The van der Waals surface area contributed by atoms with Crippen molar-refractivity contribution in [2.75, 3.05) is 13.6 Å². The number of hydrogen-bond donors (Lipinski definition) is 0. The van der Waals surface area contributed by atoms with Crippen LogP contribution in [0.4, 0.5) is 14.5 Å². The summed E-state index contributed by atoms with van der Waals surface area (Å²) in [5.74, 6) is -2.55. The van der Waals surface area contributed by atoms with Crippen molar-refractivity contribution in [2.45, 2.75) is 12.8 Å². The molecule has 1 aromatic carbocycles. The van der Waals surface area contributed by atoms with Gasteiger partial charge in [0.25, 0.3) is 5.91 Å². The molecule has 2 rings (SSSR count). The summed E-state index contributed by atoms with van der Waals surface area (Å²) in [5.41, 5.74) is -1.45. The van der Waals surface area contributed by atoms with E-state index in [2.05, 4.69) is 0 Å². The number of halogens is 2. The number of carbonyl (C=O) groups excluding carboxylic acids is 1. The van der Waals surface area contributed by atoms with E-state index in [1.165, 1.54) is 11.9 Å². The Kier molecular flexibility index (Phi) is 3.46. The van der Waals surface area contributed by atoms with E-state index >= 15 is 0 Å². The maximum Gasteiger partial charge on any atom is 0.307 e. The Morgan fingerprint density at radius 1 is 1.42 bits per heavy atom. The highest BCUT2D eigenvalue weighted by Gasteiger charge is 2.28. The summed E-state index contributed by atoms with van der Waals surface area (Å²) >= 11 is 0. The highest BCUT2D eigenvalue weighted by Crippen LogP contribution is 2.30. The predicted octanol–water partition coefficient (Wildman–Crippen LogP) is 2.36.